The molecule has 1 heterocycles. The summed E-state index contributed by atoms with van der Waals surface area (Å²) in [5.74, 6) is 0. The van der Waals surface area contributed by atoms with E-state index in [-0.39, 0.29) is 29.6 Å². The molecule has 0 atom stereocenters. The zero-order chi connectivity index (χ0) is 8.39. The number of carbonyl (C=O) groups is 1. The van der Waals surface area contributed by atoms with Crippen LogP contribution in [0.5, 0.6) is 0 Å². The first-order valence-corrected chi connectivity index (χ1v) is 3.70. The first-order valence-electron chi connectivity index (χ1n) is 3.70. The molecule has 0 aliphatic carbocycles. The minimum absolute atomic E-state index is 0. The number of para-hydroxylation sites is 1. The average Bonchev–Trinajstić information content (AvgIpc) is 2.17. The van der Waals surface area contributed by atoms with Crippen LogP contribution in [-0.2, 0) is 0 Å². The van der Waals surface area contributed by atoms with Gasteiger partial charge in [-0.3, -0.25) is 9.78 Å². The summed E-state index contributed by atoms with van der Waals surface area (Å²) in [5, 5.41) is 1.00. The number of carbonyl (C=O) groups excluding carboxylic acids is 1. The quantitative estimate of drug-likeness (QED) is 0.491. The third kappa shape index (κ3) is 2.15. The molecule has 1 aromatic heterocycles. The number of hydrogen-bond donors (Lipinski definition) is 0. The first kappa shape index (κ1) is 10.4. The summed E-state index contributed by atoms with van der Waals surface area (Å²) in [5.41, 5.74) is 1.54. The maximum atomic E-state index is 10.4. The summed E-state index contributed by atoms with van der Waals surface area (Å²) in [6.07, 6.45) is 2.38. The van der Waals surface area contributed by atoms with E-state index in [1.165, 1.54) is 0 Å². The summed E-state index contributed by atoms with van der Waals surface area (Å²) >= 11 is 0. The van der Waals surface area contributed by atoms with Gasteiger partial charge in [0.25, 0.3) is 0 Å². The van der Waals surface area contributed by atoms with E-state index in [1.54, 1.807) is 6.20 Å². The van der Waals surface area contributed by atoms with E-state index in [1.807, 2.05) is 30.3 Å². The fourth-order valence-electron chi connectivity index (χ4n) is 1.15. The van der Waals surface area contributed by atoms with Gasteiger partial charge in [0.15, 0.2) is 6.29 Å². The van der Waals surface area contributed by atoms with E-state index in [0.29, 0.717) is 5.56 Å². The molecular formula is C10H8NNaO. The van der Waals surface area contributed by atoms with Gasteiger partial charge in [-0.1, -0.05) is 18.2 Å². The van der Waals surface area contributed by atoms with Crippen molar-refractivity contribution < 1.29 is 4.79 Å². The summed E-state index contributed by atoms with van der Waals surface area (Å²) in [6.45, 7) is 0. The third-order valence-electron chi connectivity index (χ3n) is 1.75. The second-order valence-corrected chi connectivity index (χ2v) is 2.58. The number of fused-ring (bicyclic) bond motifs is 1. The average molecular weight is 181 g/mol. The Morgan fingerprint density at radius 1 is 1.23 bits per heavy atom. The molecular weight excluding hydrogens is 173 g/mol. The van der Waals surface area contributed by atoms with E-state index in [0.717, 1.165) is 17.2 Å². The van der Waals surface area contributed by atoms with Crippen LogP contribution in [0.15, 0.2) is 36.5 Å². The predicted molar refractivity (Wildman–Crippen MR) is 54.3 cm³/mol. The van der Waals surface area contributed by atoms with Gasteiger partial charge in [0.05, 0.1) is 5.52 Å². The molecule has 0 aliphatic rings. The monoisotopic (exact) mass is 181 g/mol. The summed E-state index contributed by atoms with van der Waals surface area (Å²) in [7, 11) is 0. The molecule has 2 nitrogen and oxygen atoms in total. The van der Waals surface area contributed by atoms with Gasteiger partial charge in [0.1, 0.15) is 0 Å². The van der Waals surface area contributed by atoms with E-state index >= 15 is 0 Å². The number of aromatic nitrogens is 1. The van der Waals surface area contributed by atoms with Crippen molar-refractivity contribution >= 4 is 46.7 Å². The first-order chi connectivity index (χ1) is 5.90. The van der Waals surface area contributed by atoms with Gasteiger partial charge in [-0.25, -0.2) is 0 Å². The Bertz CT molecular complexity index is 428. The zero-order valence-electron chi connectivity index (χ0n) is 6.40. The van der Waals surface area contributed by atoms with Crippen molar-refractivity contribution in [3.63, 3.8) is 0 Å². The van der Waals surface area contributed by atoms with Gasteiger partial charge in [-0.15, -0.1) is 0 Å². The Morgan fingerprint density at radius 2 is 2.00 bits per heavy atom. The Balaban J connectivity index is 0.000000845. The second-order valence-electron chi connectivity index (χ2n) is 2.58. The number of hydrogen-bond acceptors (Lipinski definition) is 2. The molecule has 13 heavy (non-hydrogen) atoms. The standard InChI is InChI=1S/C10H7NO.Na.H/c12-7-8-5-9-3-1-2-4-10(9)11-6-8;;/h1-7H;;. The van der Waals surface area contributed by atoms with Crippen LogP contribution in [0.4, 0.5) is 0 Å². The van der Waals surface area contributed by atoms with Crippen LogP contribution in [0.2, 0.25) is 0 Å². The minimum atomic E-state index is 0. The summed E-state index contributed by atoms with van der Waals surface area (Å²) in [6, 6.07) is 9.54. The molecule has 0 N–H and O–H groups in total. The number of pyridine rings is 1. The fraction of sp³-hybridized carbons (Fsp3) is 0. The van der Waals surface area contributed by atoms with Gasteiger partial charge < -0.3 is 0 Å². The third-order valence-corrected chi connectivity index (χ3v) is 1.75. The SMILES string of the molecule is O=Cc1cnc2ccccc2c1.[NaH]. The Morgan fingerprint density at radius 3 is 2.77 bits per heavy atom. The van der Waals surface area contributed by atoms with Crippen LogP contribution in [0.3, 0.4) is 0 Å². The number of nitrogens with zero attached hydrogens (tertiary/aromatic N) is 1. The molecule has 0 radical (unpaired) electrons. The van der Waals surface area contributed by atoms with Crippen LogP contribution >= 0.6 is 0 Å². The topological polar surface area (TPSA) is 30.0 Å². The Labute approximate surface area is 98.3 Å². The van der Waals surface area contributed by atoms with E-state index in [4.69, 9.17) is 0 Å². The van der Waals surface area contributed by atoms with Crippen molar-refractivity contribution in [3.8, 4) is 0 Å². The zero-order valence-corrected chi connectivity index (χ0v) is 6.40. The van der Waals surface area contributed by atoms with Gasteiger partial charge in [-0.05, 0) is 12.1 Å². The van der Waals surface area contributed by atoms with Crippen molar-refractivity contribution in [1.29, 1.82) is 0 Å². The van der Waals surface area contributed by atoms with Crippen molar-refractivity contribution in [2.24, 2.45) is 0 Å². The molecule has 3 heteroatoms. The number of benzene rings is 1. The molecule has 0 bridgehead atoms. The molecule has 1 aromatic carbocycles. The van der Waals surface area contributed by atoms with Crippen LogP contribution in [-0.4, -0.2) is 40.8 Å². The van der Waals surface area contributed by atoms with Crippen molar-refractivity contribution in [2.75, 3.05) is 0 Å². The molecule has 2 aromatic rings. The van der Waals surface area contributed by atoms with Crippen molar-refractivity contribution in [1.82, 2.24) is 4.98 Å². The van der Waals surface area contributed by atoms with E-state index < -0.39 is 0 Å². The molecule has 2 rings (SSSR count). The number of aldehydes is 1. The Kier molecular flexibility index (Phi) is 3.60. The number of rotatable bonds is 1. The van der Waals surface area contributed by atoms with Crippen LogP contribution < -0.4 is 0 Å². The van der Waals surface area contributed by atoms with Crippen molar-refractivity contribution in [2.45, 2.75) is 0 Å². The van der Waals surface area contributed by atoms with Gasteiger partial charge >= 0.3 is 29.6 Å². The molecule has 0 spiro atoms. The summed E-state index contributed by atoms with van der Waals surface area (Å²) < 4.78 is 0. The second kappa shape index (κ2) is 4.51. The molecule has 0 aliphatic heterocycles. The van der Waals surface area contributed by atoms with Crippen LogP contribution in [0.1, 0.15) is 10.4 Å². The van der Waals surface area contributed by atoms with Gasteiger partial charge in [0, 0.05) is 17.1 Å². The molecule has 0 amide bonds. The van der Waals surface area contributed by atoms with E-state index in [9.17, 15) is 4.79 Å². The molecule has 0 fully saturated rings. The molecule has 0 saturated carbocycles. The van der Waals surface area contributed by atoms with Crippen LogP contribution in [0, 0.1) is 0 Å². The molecule has 0 unspecified atom stereocenters. The van der Waals surface area contributed by atoms with E-state index in [2.05, 4.69) is 4.98 Å². The molecule has 60 valence electrons. The normalized spacial score (nSPS) is 9.23. The summed E-state index contributed by atoms with van der Waals surface area (Å²) in [4.78, 5) is 14.5. The fourth-order valence-corrected chi connectivity index (χ4v) is 1.15. The van der Waals surface area contributed by atoms with Crippen molar-refractivity contribution in [3.05, 3.63) is 42.1 Å². The maximum absolute atomic E-state index is 10.4. The Hall–Kier alpha value is -0.700. The van der Waals surface area contributed by atoms with Crippen LogP contribution in [0.25, 0.3) is 10.9 Å². The van der Waals surface area contributed by atoms with Gasteiger partial charge in [0.2, 0.25) is 0 Å². The molecule has 0 saturated heterocycles. The van der Waals surface area contributed by atoms with Gasteiger partial charge in [-0.2, -0.15) is 0 Å². The predicted octanol–water partition coefficient (Wildman–Crippen LogP) is 1.40.